The maximum Gasteiger partial charge on any atom is 0.348 e. The lowest BCUT2D eigenvalue weighted by Crippen LogP contribution is -2.32. The van der Waals surface area contributed by atoms with Crippen molar-refractivity contribution in [3.8, 4) is 16.9 Å². The molecule has 0 atom stereocenters. The third-order valence-corrected chi connectivity index (χ3v) is 6.46. The quantitative estimate of drug-likeness (QED) is 0.432. The van der Waals surface area contributed by atoms with Crippen LogP contribution in [0.3, 0.4) is 0 Å². The molecule has 4 nitrogen and oxygen atoms in total. The second-order valence-corrected chi connectivity index (χ2v) is 9.81. The number of rotatable bonds is 5. The van der Waals surface area contributed by atoms with Gasteiger partial charge in [0.05, 0.1) is 12.6 Å². The Morgan fingerprint density at radius 2 is 1.88 bits per heavy atom. The fourth-order valence-corrected chi connectivity index (χ4v) is 5.01. The number of allylic oxidation sites excluding steroid dienone is 1. The third kappa shape index (κ3) is 4.28. The molecule has 166 valence electrons. The zero-order chi connectivity index (χ0) is 23.0. The summed E-state index contributed by atoms with van der Waals surface area (Å²) in [6, 6.07) is 12.0. The molecule has 6 heteroatoms. The summed E-state index contributed by atoms with van der Waals surface area (Å²) >= 11 is 1.40. The van der Waals surface area contributed by atoms with Crippen LogP contribution in [0.1, 0.15) is 46.4 Å². The number of carbonyl (C=O) groups excluding carboxylic acids is 1. The molecule has 32 heavy (non-hydrogen) atoms. The number of halogens is 1. The van der Waals surface area contributed by atoms with Crippen molar-refractivity contribution >= 4 is 28.6 Å². The van der Waals surface area contributed by atoms with Crippen LogP contribution < -0.4 is 10.1 Å². The van der Waals surface area contributed by atoms with Crippen molar-refractivity contribution in [3.63, 3.8) is 0 Å². The van der Waals surface area contributed by atoms with Crippen LogP contribution >= 0.6 is 11.3 Å². The first-order valence-corrected chi connectivity index (χ1v) is 11.2. The fourth-order valence-electron chi connectivity index (χ4n) is 4.25. The molecule has 0 spiro atoms. The Morgan fingerprint density at radius 3 is 2.56 bits per heavy atom. The number of aryl methyl sites for hydroxylation is 1. The number of esters is 1. The van der Waals surface area contributed by atoms with Crippen LogP contribution in [0.5, 0.6) is 5.75 Å². The Morgan fingerprint density at radius 1 is 1.09 bits per heavy atom. The Bertz CT molecular complexity index is 1230. The summed E-state index contributed by atoms with van der Waals surface area (Å²) in [5.41, 5.74) is 4.96. The first-order chi connectivity index (χ1) is 15.2. The molecular formula is C26H26FNO3S. The molecule has 1 N–H and O–H groups in total. The molecule has 0 radical (unpaired) electrons. The van der Waals surface area contributed by atoms with E-state index in [4.69, 9.17) is 9.47 Å². The molecule has 1 aromatic heterocycles. The summed E-state index contributed by atoms with van der Waals surface area (Å²) < 4.78 is 25.4. The zero-order valence-electron chi connectivity index (χ0n) is 18.8. The van der Waals surface area contributed by atoms with E-state index in [1.807, 2.05) is 32.0 Å². The summed E-state index contributed by atoms with van der Waals surface area (Å²) in [6.07, 6.45) is 2.15. The largest absolute Gasteiger partial charge is 0.496 e. The highest BCUT2D eigenvalue weighted by Crippen LogP contribution is 2.42. The molecular weight excluding hydrogens is 425 g/mol. The summed E-state index contributed by atoms with van der Waals surface area (Å²) in [4.78, 5) is 14.3. The molecule has 0 saturated heterocycles. The van der Waals surface area contributed by atoms with Crippen LogP contribution in [-0.2, 0) is 11.3 Å². The van der Waals surface area contributed by atoms with E-state index in [1.165, 1.54) is 23.5 Å². The summed E-state index contributed by atoms with van der Waals surface area (Å²) in [5, 5.41) is 3.53. The van der Waals surface area contributed by atoms with Crippen LogP contribution in [-0.4, -0.2) is 18.6 Å². The average Bonchev–Trinajstić information content (AvgIpc) is 3.17. The summed E-state index contributed by atoms with van der Waals surface area (Å²) in [6.45, 7) is 8.25. The van der Waals surface area contributed by atoms with Gasteiger partial charge in [0.2, 0.25) is 0 Å². The van der Waals surface area contributed by atoms with Crippen molar-refractivity contribution in [2.24, 2.45) is 0 Å². The van der Waals surface area contributed by atoms with E-state index >= 15 is 0 Å². The van der Waals surface area contributed by atoms with E-state index in [2.05, 4.69) is 25.2 Å². The number of thiophene rings is 1. The van der Waals surface area contributed by atoms with Gasteiger partial charge < -0.3 is 14.8 Å². The molecule has 0 aliphatic carbocycles. The predicted octanol–water partition coefficient (Wildman–Crippen LogP) is 6.84. The Labute approximate surface area is 191 Å². The highest BCUT2D eigenvalue weighted by Gasteiger charge is 2.27. The Hall–Kier alpha value is -3.12. The summed E-state index contributed by atoms with van der Waals surface area (Å²) in [7, 11) is 1.56. The van der Waals surface area contributed by atoms with E-state index in [1.54, 1.807) is 19.2 Å². The summed E-state index contributed by atoms with van der Waals surface area (Å²) in [5.74, 6) is -0.177. The van der Waals surface area contributed by atoms with Crippen LogP contribution in [0, 0.1) is 12.7 Å². The highest BCUT2D eigenvalue weighted by molar-refractivity contribution is 7.13. The minimum absolute atomic E-state index is 0.0568. The van der Waals surface area contributed by atoms with Gasteiger partial charge in [-0.25, -0.2) is 9.18 Å². The standard InChI is InChI=1S/C26H26FNO3S/c1-15-13-26(3,4)28-21-9-8-18(19-12-17(27)7-10-22(19)30-5)20(24(15)21)14-31-25(29)23-11-6-16(2)32-23/h6-13,28H,14H2,1-5H3. The fraction of sp³-hybridized carbons (Fsp3) is 0.269. The van der Waals surface area contributed by atoms with Crippen molar-refractivity contribution in [3.05, 3.63) is 75.2 Å². The van der Waals surface area contributed by atoms with Gasteiger partial charge in [0.15, 0.2) is 0 Å². The second kappa shape index (κ2) is 8.43. The van der Waals surface area contributed by atoms with Crippen LogP contribution in [0.15, 0.2) is 48.5 Å². The number of benzene rings is 2. The first kappa shape index (κ1) is 22.1. The van der Waals surface area contributed by atoms with E-state index in [-0.39, 0.29) is 23.9 Å². The van der Waals surface area contributed by atoms with Gasteiger partial charge in [-0.15, -0.1) is 11.3 Å². The van der Waals surface area contributed by atoms with E-state index in [0.717, 1.165) is 32.8 Å². The lowest BCUT2D eigenvalue weighted by molar-refractivity contribution is 0.0479. The molecule has 1 aliphatic heterocycles. The van der Waals surface area contributed by atoms with Gasteiger partial charge >= 0.3 is 5.97 Å². The van der Waals surface area contributed by atoms with E-state index < -0.39 is 0 Å². The first-order valence-electron chi connectivity index (χ1n) is 10.4. The van der Waals surface area contributed by atoms with Crippen molar-refractivity contribution in [2.75, 3.05) is 12.4 Å². The number of fused-ring (bicyclic) bond motifs is 1. The number of hydrogen-bond donors (Lipinski definition) is 1. The van der Waals surface area contributed by atoms with Gasteiger partial charge in [0.1, 0.15) is 23.1 Å². The molecule has 4 rings (SSSR count). The lowest BCUT2D eigenvalue weighted by atomic mass is 9.85. The number of anilines is 1. The zero-order valence-corrected chi connectivity index (χ0v) is 19.7. The van der Waals surface area contributed by atoms with Gasteiger partial charge in [0, 0.05) is 27.3 Å². The Kier molecular flexibility index (Phi) is 5.82. The monoisotopic (exact) mass is 451 g/mol. The van der Waals surface area contributed by atoms with Crippen molar-refractivity contribution in [1.82, 2.24) is 0 Å². The molecule has 0 saturated carbocycles. The SMILES string of the molecule is COc1ccc(F)cc1-c1ccc2c(c1COC(=O)c1ccc(C)s1)C(C)=CC(C)(C)N2. The normalized spacial score (nSPS) is 14.2. The van der Waals surface area contributed by atoms with Gasteiger partial charge in [-0.1, -0.05) is 12.1 Å². The van der Waals surface area contributed by atoms with Crippen LogP contribution in [0.25, 0.3) is 16.7 Å². The predicted molar refractivity (Wildman–Crippen MR) is 128 cm³/mol. The van der Waals surface area contributed by atoms with E-state index in [9.17, 15) is 9.18 Å². The molecule has 0 amide bonds. The molecule has 2 aromatic carbocycles. The molecule has 3 aromatic rings. The molecule has 0 fully saturated rings. The molecule has 0 bridgehead atoms. The van der Waals surface area contributed by atoms with Crippen LogP contribution in [0.4, 0.5) is 10.1 Å². The highest BCUT2D eigenvalue weighted by atomic mass is 32.1. The molecule has 0 unspecified atom stereocenters. The van der Waals surface area contributed by atoms with Crippen molar-refractivity contribution in [1.29, 1.82) is 0 Å². The van der Waals surface area contributed by atoms with Crippen molar-refractivity contribution in [2.45, 2.75) is 39.8 Å². The Balaban J connectivity index is 1.83. The van der Waals surface area contributed by atoms with Crippen molar-refractivity contribution < 1.29 is 18.7 Å². The minimum Gasteiger partial charge on any atom is -0.496 e. The van der Waals surface area contributed by atoms with Gasteiger partial charge in [-0.3, -0.25) is 0 Å². The topological polar surface area (TPSA) is 47.6 Å². The second-order valence-electron chi connectivity index (χ2n) is 8.52. The lowest BCUT2D eigenvalue weighted by Gasteiger charge is -2.33. The van der Waals surface area contributed by atoms with Crippen LogP contribution in [0.2, 0.25) is 0 Å². The number of methoxy groups -OCH3 is 1. The van der Waals surface area contributed by atoms with Gasteiger partial charge in [-0.2, -0.15) is 0 Å². The smallest absolute Gasteiger partial charge is 0.348 e. The van der Waals surface area contributed by atoms with Gasteiger partial charge in [0.25, 0.3) is 0 Å². The molecule has 1 aliphatic rings. The number of ether oxygens (including phenoxy) is 2. The van der Waals surface area contributed by atoms with Gasteiger partial charge in [-0.05, 0) is 75.2 Å². The maximum atomic E-state index is 14.2. The third-order valence-electron chi connectivity index (χ3n) is 5.48. The number of nitrogens with one attached hydrogen (secondary N) is 1. The van der Waals surface area contributed by atoms with E-state index in [0.29, 0.717) is 16.2 Å². The average molecular weight is 452 g/mol. The molecule has 2 heterocycles. The number of carbonyl (C=O) groups is 1. The maximum absolute atomic E-state index is 14.2. The number of hydrogen-bond acceptors (Lipinski definition) is 5. The minimum atomic E-state index is -0.372.